The van der Waals surface area contributed by atoms with E-state index in [1.54, 1.807) is 36.5 Å². The molecule has 4 aromatic rings. The van der Waals surface area contributed by atoms with E-state index in [2.05, 4.69) is 9.97 Å². The van der Waals surface area contributed by atoms with Gasteiger partial charge in [-0.3, -0.25) is 9.59 Å². The van der Waals surface area contributed by atoms with Crippen LogP contribution in [-0.4, -0.2) is 26.8 Å². The highest BCUT2D eigenvalue weighted by Gasteiger charge is 2.19. The van der Waals surface area contributed by atoms with Crippen molar-refractivity contribution < 1.29 is 19.1 Å². The Morgan fingerprint density at radius 3 is 2.61 bits per heavy atom. The molecule has 0 unspecified atom stereocenters. The summed E-state index contributed by atoms with van der Waals surface area (Å²) in [6.07, 6.45) is 3.07. The number of phenolic OH excluding ortho intramolecular Hbond substituents is 1. The molecule has 0 atom stereocenters. The number of rotatable bonds is 4. The Kier molecular flexibility index (Phi) is 4.12. The number of halogens is 1. The van der Waals surface area contributed by atoms with Crippen LogP contribution in [-0.2, 0) is 0 Å². The van der Waals surface area contributed by atoms with Crippen molar-refractivity contribution in [2.24, 2.45) is 5.73 Å². The molecule has 4 N–H and O–H groups in total. The highest BCUT2D eigenvalue weighted by Crippen LogP contribution is 2.27. The van der Waals surface area contributed by atoms with Gasteiger partial charge >= 0.3 is 0 Å². The lowest BCUT2D eigenvalue weighted by atomic mass is 10.00. The molecule has 0 fully saturated rings. The van der Waals surface area contributed by atoms with Crippen molar-refractivity contribution in [2.75, 3.05) is 0 Å². The zero-order chi connectivity index (χ0) is 19.8. The van der Waals surface area contributed by atoms with Crippen LogP contribution in [0.1, 0.15) is 26.3 Å². The predicted molar refractivity (Wildman–Crippen MR) is 102 cm³/mol. The maximum atomic E-state index is 14.1. The molecule has 0 radical (unpaired) electrons. The van der Waals surface area contributed by atoms with E-state index in [1.165, 1.54) is 18.3 Å². The van der Waals surface area contributed by atoms with E-state index in [4.69, 9.17) is 5.73 Å². The number of nitrogens with two attached hydrogens (primary N) is 1. The largest absolute Gasteiger partial charge is 0.508 e. The quantitative estimate of drug-likeness (QED) is 0.475. The molecule has 0 bridgehead atoms. The van der Waals surface area contributed by atoms with Gasteiger partial charge in [-0.05, 0) is 35.9 Å². The molecular formula is C21H14FN3O3. The fourth-order valence-corrected chi connectivity index (χ4v) is 3.03. The normalized spacial score (nSPS) is 10.9. The van der Waals surface area contributed by atoms with Crippen molar-refractivity contribution in [3.8, 4) is 16.9 Å². The molecule has 6 nitrogen and oxygen atoms in total. The average molecular weight is 375 g/mol. The third kappa shape index (κ3) is 2.99. The van der Waals surface area contributed by atoms with Gasteiger partial charge in [0.1, 0.15) is 17.2 Å². The van der Waals surface area contributed by atoms with E-state index < -0.39 is 17.5 Å². The molecule has 0 aliphatic carbocycles. The van der Waals surface area contributed by atoms with Gasteiger partial charge in [0.2, 0.25) is 5.91 Å². The molecule has 28 heavy (non-hydrogen) atoms. The van der Waals surface area contributed by atoms with Gasteiger partial charge in [-0.25, -0.2) is 9.37 Å². The van der Waals surface area contributed by atoms with Crippen LogP contribution in [0.5, 0.6) is 5.75 Å². The van der Waals surface area contributed by atoms with Crippen molar-refractivity contribution in [1.82, 2.24) is 9.97 Å². The SMILES string of the molecule is NC(=O)c1cccc(-c2cnc3[nH]cc(C(=O)c4ccc(O)cc4F)c3c2)c1. The monoisotopic (exact) mass is 375 g/mol. The van der Waals surface area contributed by atoms with Crippen molar-refractivity contribution in [2.45, 2.75) is 0 Å². The van der Waals surface area contributed by atoms with Crippen molar-refractivity contribution in [1.29, 1.82) is 0 Å². The standard InChI is InChI=1S/C21H14FN3O3/c22-18-8-14(26)4-5-15(18)19(27)17-10-25-21-16(17)7-13(9-24-21)11-2-1-3-12(6-11)20(23)28/h1-10,26H,(H2,23,28)(H,24,25). The molecule has 4 rings (SSSR count). The van der Waals surface area contributed by atoms with E-state index >= 15 is 0 Å². The zero-order valence-electron chi connectivity index (χ0n) is 14.4. The third-order valence-electron chi connectivity index (χ3n) is 4.45. The number of primary amides is 1. The van der Waals surface area contributed by atoms with E-state index in [0.717, 1.165) is 6.07 Å². The Bertz CT molecular complexity index is 1250. The number of fused-ring (bicyclic) bond motifs is 1. The van der Waals surface area contributed by atoms with E-state index in [9.17, 15) is 19.1 Å². The van der Waals surface area contributed by atoms with Crippen LogP contribution in [0, 0.1) is 5.82 Å². The number of hydrogen-bond acceptors (Lipinski definition) is 4. The molecule has 0 aliphatic rings. The maximum absolute atomic E-state index is 14.1. The fourth-order valence-electron chi connectivity index (χ4n) is 3.03. The average Bonchev–Trinajstić information content (AvgIpc) is 3.11. The fraction of sp³-hybridized carbons (Fsp3) is 0. The minimum atomic E-state index is -0.808. The molecule has 0 spiro atoms. The first-order valence-corrected chi connectivity index (χ1v) is 8.34. The Morgan fingerprint density at radius 2 is 1.86 bits per heavy atom. The molecule has 2 aromatic heterocycles. The van der Waals surface area contributed by atoms with Gasteiger partial charge in [-0.1, -0.05) is 12.1 Å². The number of nitrogens with zero attached hydrogens (tertiary/aromatic N) is 1. The minimum Gasteiger partial charge on any atom is -0.508 e. The number of nitrogens with one attached hydrogen (secondary N) is 1. The van der Waals surface area contributed by atoms with Gasteiger partial charge in [-0.15, -0.1) is 0 Å². The summed E-state index contributed by atoms with van der Waals surface area (Å²) in [6, 6.07) is 11.9. The molecule has 7 heteroatoms. The molecule has 2 heterocycles. The molecule has 0 saturated carbocycles. The number of carbonyl (C=O) groups is 2. The Labute approximate surface area is 158 Å². The summed E-state index contributed by atoms with van der Waals surface area (Å²) in [6.45, 7) is 0. The molecular weight excluding hydrogens is 361 g/mol. The molecule has 2 aromatic carbocycles. The number of pyridine rings is 1. The van der Waals surface area contributed by atoms with Crippen molar-refractivity contribution in [3.05, 3.63) is 83.4 Å². The second-order valence-corrected chi connectivity index (χ2v) is 6.26. The number of phenols is 1. The Balaban J connectivity index is 1.81. The van der Waals surface area contributed by atoms with Gasteiger partial charge in [0, 0.05) is 40.5 Å². The summed E-state index contributed by atoms with van der Waals surface area (Å²) in [5, 5.41) is 9.86. The smallest absolute Gasteiger partial charge is 0.248 e. The lowest BCUT2D eigenvalue weighted by Crippen LogP contribution is -2.10. The van der Waals surface area contributed by atoms with Gasteiger partial charge in [0.25, 0.3) is 0 Å². The number of H-pyrrole nitrogens is 1. The van der Waals surface area contributed by atoms with Gasteiger partial charge in [-0.2, -0.15) is 0 Å². The first-order chi connectivity index (χ1) is 13.4. The predicted octanol–water partition coefficient (Wildman–Crippen LogP) is 3.40. The van der Waals surface area contributed by atoms with Crippen LogP contribution in [0.3, 0.4) is 0 Å². The zero-order valence-corrected chi connectivity index (χ0v) is 14.4. The number of benzene rings is 2. The summed E-state index contributed by atoms with van der Waals surface area (Å²) >= 11 is 0. The van der Waals surface area contributed by atoms with Gasteiger partial charge < -0.3 is 15.8 Å². The van der Waals surface area contributed by atoms with E-state index in [1.807, 2.05) is 0 Å². The lowest BCUT2D eigenvalue weighted by molar-refractivity contribution is 0.0998. The Morgan fingerprint density at radius 1 is 1.04 bits per heavy atom. The number of aromatic nitrogens is 2. The van der Waals surface area contributed by atoms with Crippen LogP contribution in [0.25, 0.3) is 22.2 Å². The van der Waals surface area contributed by atoms with Crippen LogP contribution in [0.4, 0.5) is 4.39 Å². The van der Waals surface area contributed by atoms with E-state index in [0.29, 0.717) is 27.7 Å². The number of ketones is 1. The second kappa shape index (κ2) is 6.62. The first-order valence-electron chi connectivity index (χ1n) is 8.34. The van der Waals surface area contributed by atoms with Crippen molar-refractivity contribution in [3.63, 3.8) is 0 Å². The molecule has 0 aliphatic heterocycles. The van der Waals surface area contributed by atoms with Crippen LogP contribution >= 0.6 is 0 Å². The Hall–Kier alpha value is -4.00. The third-order valence-corrected chi connectivity index (χ3v) is 4.45. The summed E-state index contributed by atoms with van der Waals surface area (Å²) in [5.74, 6) is -2.14. The minimum absolute atomic E-state index is 0.153. The molecule has 1 amide bonds. The number of carbonyl (C=O) groups excluding carboxylic acids is 2. The lowest BCUT2D eigenvalue weighted by Gasteiger charge is -2.05. The molecule has 138 valence electrons. The summed E-state index contributed by atoms with van der Waals surface area (Å²) in [7, 11) is 0. The molecule has 0 saturated heterocycles. The topological polar surface area (TPSA) is 109 Å². The summed E-state index contributed by atoms with van der Waals surface area (Å²) < 4.78 is 14.1. The van der Waals surface area contributed by atoms with Gasteiger partial charge in [0.05, 0.1) is 5.56 Å². The first kappa shape index (κ1) is 17.4. The summed E-state index contributed by atoms with van der Waals surface area (Å²) in [5.41, 5.74) is 7.64. The van der Waals surface area contributed by atoms with Crippen LogP contribution < -0.4 is 5.73 Å². The second-order valence-electron chi connectivity index (χ2n) is 6.26. The maximum Gasteiger partial charge on any atom is 0.248 e. The number of hydrogen-bond donors (Lipinski definition) is 3. The number of aromatic amines is 1. The van der Waals surface area contributed by atoms with Gasteiger partial charge in [0.15, 0.2) is 5.78 Å². The highest BCUT2D eigenvalue weighted by atomic mass is 19.1. The van der Waals surface area contributed by atoms with Crippen LogP contribution in [0.2, 0.25) is 0 Å². The number of aromatic hydroxyl groups is 1. The van der Waals surface area contributed by atoms with E-state index in [-0.39, 0.29) is 16.9 Å². The summed E-state index contributed by atoms with van der Waals surface area (Å²) in [4.78, 5) is 31.4. The van der Waals surface area contributed by atoms with Crippen molar-refractivity contribution >= 4 is 22.7 Å². The van der Waals surface area contributed by atoms with Crippen LogP contribution in [0.15, 0.2) is 60.9 Å². The highest BCUT2D eigenvalue weighted by molar-refractivity contribution is 6.16. The number of amides is 1.